The molecular formula is C17H34N2. The molecule has 0 aromatic heterocycles. The van der Waals surface area contributed by atoms with Gasteiger partial charge in [0.05, 0.1) is 0 Å². The van der Waals surface area contributed by atoms with E-state index in [0.29, 0.717) is 16.9 Å². The van der Waals surface area contributed by atoms with E-state index in [-0.39, 0.29) is 5.54 Å². The Bertz CT molecular complexity index is 316. The van der Waals surface area contributed by atoms with Gasteiger partial charge < -0.3 is 5.73 Å². The van der Waals surface area contributed by atoms with Crippen LogP contribution in [0.5, 0.6) is 0 Å². The molecule has 1 saturated heterocycles. The van der Waals surface area contributed by atoms with Crippen LogP contribution in [0.1, 0.15) is 67.2 Å². The quantitative estimate of drug-likeness (QED) is 0.826. The first kappa shape index (κ1) is 15.3. The monoisotopic (exact) mass is 266 g/mol. The molecule has 112 valence electrons. The minimum absolute atomic E-state index is 0.232. The van der Waals surface area contributed by atoms with Crippen molar-refractivity contribution in [3.8, 4) is 0 Å². The van der Waals surface area contributed by atoms with Gasteiger partial charge in [-0.25, -0.2) is 0 Å². The van der Waals surface area contributed by atoms with Gasteiger partial charge in [-0.15, -0.1) is 0 Å². The molecule has 2 aliphatic rings. The smallest absolute Gasteiger partial charge is 0.0344 e. The van der Waals surface area contributed by atoms with Gasteiger partial charge in [-0.2, -0.15) is 0 Å². The molecule has 2 fully saturated rings. The van der Waals surface area contributed by atoms with Crippen LogP contribution in [0.2, 0.25) is 0 Å². The van der Waals surface area contributed by atoms with Crippen molar-refractivity contribution in [2.75, 3.05) is 13.1 Å². The first-order chi connectivity index (χ1) is 8.59. The van der Waals surface area contributed by atoms with Crippen LogP contribution in [0.4, 0.5) is 0 Å². The van der Waals surface area contributed by atoms with Crippen LogP contribution in [-0.4, -0.2) is 29.6 Å². The number of likely N-dealkylation sites (tertiary alicyclic amines) is 1. The second kappa shape index (κ2) is 4.73. The molecule has 2 nitrogen and oxygen atoms in total. The molecule has 2 heteroatoms. The second-order valence-corrected chi connectivity index (χ2v) is 9.13. The Morgan fingerprint density at radius 2 is 1.53 bits per heavy atom. The topological polar surface area (TPSA) is 29.3 Å². The Morgan fingerprint density at radius 1 is 1.00 bits per heavy atom. The Kier molecular flexibility index (Phi) is 3.81. The first-order valence-corrected chi connectivity index (χ1v) is 8.06. The largest absolute Gasteiger partial charge is 0.329 e. The highest BCUT2D eigenvalue weighted by Gasteiger charge is 2.51. The molecule has 1 heterocycles. The summed E-state index contributed by atoms with van der Waals surface area (Å²) >= 11 is 0. The van der Waals surface area contributed by atoms with Crippen LogP contribution in [0, 0.1) is 16.7 Å². The average Bonchev–Trinajstić information content (AvgIpc) is 2.53. The summed E-state index contributed by atoms with van der Waals surface area (Å²) in [4.78, 5) is 2.76. The van der Waals surface area contributed by atoms with E-state index in [9.17, 15) is 0 Å². The van der Waals surface area contributed by atoms with E-state index in [4.69, 9.17) is 5.73 Å². The second-order valence-electron chi connectivity index (χ2n) is 9.13. The molecule has 1 saturated carbocycles. The number of nitrogens with zero attached hydrogens (tertiary/aromatic N) is 1. The molecule has 0 spiro atoms. The van der Waals surface area contributed by atoms with Gasteiger partial charge in [-0.3, -0.25) is 4.90 Å². The van der Waals surface area contributed by atoms with Gasteiger partial charge in [0.1, 0.15) is 0 Å². The van der Waals surface area contributed by atoms with Crippen LogP contribution in [0.3, 0.4) is 0 Å². The van der Waals surface area contributed by atoms with Crippen LogP contribution in [0.25, 0.3) is 0 Å². The fraction of sp³-hybridized carbons (Fsp3) is 1.00. The van der Waals surface area contributed by atoms with Crippen molar-refractivity contribution in [1.29, 1.82) is 0 Å². The predicted octanol–water partition coefficient (Wildman–Crippen LogP) is 3.65. The zero-order valence-electron chi connectivity index (χ0n) is 13.9. The molecule has 2 unspecified atom stereocenters. The lowest BCUT2D eigenvalue weighted by atomic mass is 9.58. The molecule has 0 amide bonds. The molecule has 2 N–H and O–H groups in total. The van der Waals surface area contributed by atoms with E-state index in [1.807, 2.05) is 0 Å². The Labute approximate surface area is 120 Å². The lowest BCUT2D eigenvalue weighted by molar-refractivity contribution is -0.0478. The number of nitrogens with two attached hydrogens (primary N) is 1. The maximum atomic E-state index is 6.33. The molecule has 0 radical (unpaired) electrons. The fourth-order valence-corrected chi connectivity index (χ4v) is 5.69. The Morgan fingerprint density at radius 3 is 1.89 bits per heavy atom. The van der Waals surface area contributed by atoms with Crippen molar-refractivity contribution in [2.24, 2.45) is 22.5 Å². The van der Waals surface area contributed by atoms with Crippen LogP contribution < -0.4 is 5.73 Å². The third kappa shape index (κ3) is 3.00. The third-order valence-electron chi connectivity index (χ3n) is 5.35. The zero-order valence-corrected chi connectivity index (χ0v) is 13.9. The maximum absolute atomic E-state index is 6.33. The normalized spacial score (nSPS) is 37.4. The molecule has 0 aromatic carbocycles. The van der Waals surface area contributed by atoms with Crippen molar-refractivity contribution in [3.63, 3.8) is 0 Å². The summed E-state index contributed by atoms with van der Waals surface area (Å²) in [5.74, 6) is 0.826. The summed E-state index contributed by atoms with van der Waals surface area (Å²) in [6.07, 6.45) is 5.18. The fourth-order valence-electron chi connectivity index (χ4n) is 5.69. The lowest BCUT2D eigenvalue weighted by Gasteiger charge is -2.56. The van der Waals surface area contributed by atoms with Crippen LogP contribution >= 0.6 is 0 Å². The summed E-state index contributed by atoms with van der Waals surface area (Å²) < 4.78 is 0. The highest BCUT2D eigenvalue weighted by Crippen LogP contribution is 2.53. The van der Waals surface area contributed by atoms with Gasteiger partial charge in [-0.1, -0.05) is 34.6 Å². The third-order valence-corrected chi connectivity index (χ3v) is 5.35. The average molecular weight is 266 g/mol. The summed E-state index contributed by atoms with van der Waals surface area (Å²) in [7, 11) is 0. The van der Waals surface area contributed by atoms with Gasteiger partial charge in [-0.05, 0) is 49.4 Å². The molecular weight excluding hydrogens is 232 g/mol. The minimum atomic E-state index is 0.232. The van der Waals surface area contributed by atoms with Gasteiger partial charge in [0.2, 0.25) is 0 Å². The SMILES string of the molecule is CC1CC(C)N(C2(CN)CC(C)(C)CC(C)(C)C2)C1. The maximum Gasteiger partial charge on any atom is 0.0344 e. The van der Waals surface area contributed by atoms with E-state index in [2.05, 4.69) is 46.4 Å². The molecule has 1 aliphatic heterocycles. The van der Waals surface area contributed by atoms with E-state index in [1.54, 1.807) is 0 Å². The van der Waals surface area contributed by atoms with E-state index in [1.165, 1.54) is 32.2 Å². The van der Waals surface area contributed by atoms with Crippen molar-refractivity contribution < 1.29 is 0 Å². The van der Waals surface area contributed by atoms with Crippen molar-refractivity contribution in [1.82, 2.24) is 4.90 Å². The summed E-state index contributed by atoms with van der Waals surface area (Å²) in [6.45, 7) is 16.6. The van der Waals surface area contributed by atoms with Crippen molar-refractivity contribution >= 4 is 0 Å². The van der Waals surface area contributed by atoms with Crippen molar-refractivity contribution in [3.05, 3.63) is 0 Å². The number of hydrogen-bond donors (Lipinski definition) is 1. The highest BCUT2D eigenvalue weighted by molar-refractivity contribution is 5.07. The van der Waals surface area contributed by atoms with Gasteiger partial charge in [0, 0.05) is 24.7 Å². The molecule has 2 rings (SSSR count). The summed E-state index contributed by atoms with van der Waals surface area (Å²) in [6, 6.07) is 0.697. The molecule has 0 aromatic rings. The Hall–Kier alpha value is -0.0800. The van der Waals surface area contributed by atoms with E-state index < -0.39 is 0 Å². The van der Waals surface area contributed by atoms with Crippen molar-refractivity contribution in [2.45, 2.75) is 78.8 Å². The molecule has 0 bridgehead atoms. The van der Waals surface area contributed by atoms with Gasteiger partial charge >= 0.3 is 0 Å². The number of hydrogen-bond acceptors (Lipinski definition) is 2. The molecule has 1 aliphatic carbocycles. The Balaban J connectivity index is 2.31. The molecule has 19 heavy (non-hydrogen) atoms. The zero-order chi connectivity index (χ0) is 14.5. The first-order valence-electron chi connectivity index (χ1n) is 8.06. The van der Waals surface area contributed by atoms with Crippen LogP contribution in [-0.2, 0) is 0 Å². The number of rotatable bonds is 2. The lowest BCUT2D eigenvalue weighted by Crippen LogP contribution is -2.61. The van der Waals surface area contributed by atoms with Crippen LogP contribution in [0.15, 0.2) is 0 Å². The summed E-state index contributed by atoms with van der Waals surface area (Å²) in [5, 5.41) is 0. The molecule has 2 atom stereocenters. The van der Waals surface area contributed by atoms with Gasteiger partial charge in [0.15, 0.2) is 0 Å². The predicted molar refractivity (Wildman–Crippen MR) is 83.1 cm³/mol. The summed E-state index contributed by atoms with van der Waals surface area (Å²) in [5.41, 5.74) is 7.38. The highest BCUT2D eigenvalue weighted by atomic mass is 15.3. The van der Waals surface area contributed by atoms with E-state index >= 15 is 0 Å². The van der Waals surface area contributed by atoms with E-state index in [0.717, 1.165) is 12.5 Å². The minimum Gasteiger partial charge on any atom is -0.329 e. The van der Waals surface area contributed by atoms with Gasteiger partial charge in [0.25, 0.3) is 0 Å². The standard InChI is InChI=1S/C17H34N2/c1-13-7-14(2)19(8-13)17(12-18)10-15(3,4)9-16(5,6)11-17/h13-14H,7-12,18H2,1-6H3.